The fourth-order valence-corrected chi connectivity index (χ4v) is 3.25. The molecule has 1 N–H and O–H groups in total. The lowest BCUT2D eigenvalue weighted by Gasteiger charge is -2.19. The number of carbonyl (C=O) groups is 1. The van der Waals surface area contributed by atoms with Gasteiger partial charge in [0.15, 0.2) is 0 Å². The SMILES string of the molecule is Cc1cc(C)c(C(O)CCC(=O)N2CCCC2)c(C)c1. The maximum Gasteiger partial charge on any atom is 0.222 e. The number of carbonyl (C=O) groups excluding carboxylic acids is 1. The molecule has 1 atom stereocenters. The van der Waals surface area contributed by atoms with Crippen LogP contribution in [-0.4, -0.2) is 29.0 Å². The van der Waals surface area contributed by atoms with Gasteiger partial charge in [0.25, 0.3) is 0 Å². The predicted molar refractivity (Wildman–Crippen MR) is 80.7 cm³/mol. The van der Waals surface area contributed by atoms with E-state index in [4.69, 9.17) is 0 Å². The van der Waals surface area contributed by atoms with Gasteiger partial charge < -0.3 is 10.0 Å². The van der Waals surface area contributed by atoms with Crippen molar-refractivity contribution in [3.8, 4) is 0 Å². The highest BCUT2D eigenvalue weighted by Crippen LogP contribution is 2.27. The van der Waals surface area contributed by atoms with Crippen molar-refractivity contribution in [2.45, 2.75) is 52.6 Å². The Balaban J connectivity index is 1.98. The van der Waals surface area contributed by atoms with E-state index in [0.717, 1.165) is 42.6 Å². The lowest BCUT2D eigenvalue weighted by Crippen LogP contribution is -2.27. The molecule has 1 heterocycles. The number of nitrogens with zero attached hydrogens (tertiary/aromatic N) is 1. The van der Waals surface area contributed by atoms with Crippen LogP contribution in [0, 0.1) is 20.8 Å². The minimum Gasteiger partial charge on any atom is -0.388 e. The fourth-order valence-electron chi connectivity index (χ4n) is 3.25. The van der Waals surface area contributed by atoms with E-state index < -0.39 is 6.10 Å². The van der Waals surface area contributed by atoms with Crippen molar-refractivity contribution >= 4 is 5.91 Å². The maximum atomic E-state index is 12.0. The third kappa shape index (κ3) is 3.40. The van der Waals surface area contributed by atoms with Gasteiger partial charge in [-0.3, -0.25) is 4.79 Å². The average molecular weight is 275 g/mol. The molecule has 1 fully saturated rings. The largest absolute Gasteiger partial charge is 0.388 e. The standard InChI is InChI=1S/C17H25NO2/c1-12-10-13(2)17(14(3)11-12)15(19)6-7-16(20)18-8-4-5-9-18/h10-11,15,19H,4-9H2,1-3H3. The zero-order chi connectivity index (χ0) is 14.7. The van der Waals surface area contributed by atoms with Crippen LogP contribution in [0.2, 0.25) is 0 Å². The molecule has 110 valence electrons. The summed E-state index contributed by atoms with van der Waals surface area (Å²) in [6.07, 6.45) is 2.64. The van der Waals surface area contributed by atoms with Crippen molar-refractivity contribution in [2.75, 3.05) is 13.1 Å². The van der Waals surface area contributed by atoms with Crippen molar-refractivity contribution < 1.29 is 9.90 Å². The van der Waals surface area contributed by atoms with Gasteiger partial charge in [-0.15, -0.1) is 0 Å². The van der Waals surface area contributed by atoms with Gasteiger partial charge >= 0.3 is 0 Å². The van der Waals surface area contributed by atoms with Crippen molar-refractivity contribution in [1.29, 1.82) is 0 Å². The van der Waals surface area contributed by atoms with E-state index >= 15 is 0 Å². The van der Waals surface area contributed by atoms with Crippen molar-refractivity contribution in [2.24, 2.45) is 0 Å². The van der Waals surface area contributed by atoms with Crippen LogP contribution in [0.5, 0.6) is 0 Å². The Morgan fingerprint density at radius 3 is 2.30 bits per heavy atom. The lowest BCUT2D eigenvalue weighted by atomic mass is 9.93. The van der Waals surface area contributed by atoms with Gasteiger partial charge in [-0.05, 0) is 56.7 Å². The number of aryl methyl sites for hydroxylation is 3. The second-order valence-electron chi connectivity index (χ2n) is 5.95. The summed E-state index contributed by atoms with van der Waals surface area (Å²) in [5.74, 6) is 0.184. The molecular weight excluding hydrogens is 250 g/mol. The van der Waals surface area contributed by atoms with Gasteiger partial charge in [0.1, 0.15) is 0 Å². The molecule has 0 bridgehead atoms. The van der Waals surface area contributed by atoms with E-state index in [1.54, 1.807) is 0 Å². The number of hydrogen-bond acceptors (Lipinski definition) is 2. The van der Waals surface area contributed by atoms with Crippen molar-refractivity contribution in [1.82, 2.24) is 4.90 Å². The van der Waals surface area contributed by atoms with Crippen LogP contribution < -0.4 is 0 Å². The summed E-state index contributed by atoms with van der Waals surface area (Å²) in [5.41, 5.74) is 4.43. The summed E-state index contributed by atoms with van der Waals surface area (Å²) in [4.78, 5) is 13.9. The van der Waals surface area contributed by atoms with Gasteiger partial charge in [0.05, 0.1) is 6.10 Å². The number of rotatable bonds is 4. The molecule has 20 heavy (non-hydrogen) atoms. The monoisotopic (exact) mass is 275 g/mol. The van der Waals surface area contributed by atoms with E-state index in [9.17, 15) is 9.90 Å². The van der Waals surface area contributed by atoms with Crippen molar-refractivity contribution in [3.05, 3.63) is 34.4 Å². The molecule has 1 aliphatic rings. The van der Waals surface area contributed by atoms with E-state index in [1.165, 1.54) is 5.56 Å². The van der Waals surface area contributed by atoms with E-state index in [1.807, 2.05) is 18.7 Å². The minimum absolute atomic E-state index is 0.184. The van der Waals surface area contributed by atoms with Crippen LogP contribution in [0.25, 0.3) is 0 Å². The first kappa shape index (κ1) is 15.0. The number of aliphatic hydroxyl groups excluding tert-OH is 1. The van der Waals surface area contributed by atoms with E-state index in [2.05, 4.69) is 19.1 Å². The summed E-state index contributed by atoms with van der Waals surface area (Å²) in [6, 6.07) is 4.18. The van der Waals surface area contributed by atoms with Crippen LogP contribution in [-0.2, 0) is 4.79 Å². The van der Waals surface area contributed by atoms with Crippen molar-refractivity contribution in [3.63, 3.8) is 0 Å². The van der Waals surface area contributed by atoms with Gasteiger partial charge in [-0.2, -0.15) is 0 Å². The van der Waals surface area contributed by atoms with E-state index in [-0.39, 0.29) is 5.91 Å². The first-order valence-electron chi connectivity index (χ1n) is 7.52. The summed E-state index contributed by atoms with van der Waals surface area (Å²) >= 11 is 0. The van der Waals surface area contributed by atoms with Crippen LogP contribution in [0.1, 0.15) is 54.0 Å². The fraction of sp³-hybridized carbons (Fsp3) is 0.588. The van der Waals surface area contributed by atoms with Gasteiger partial charge in [-0.25, -0.2) is 0 Å². The maximum absolute atomic E-state index is 12.0. The Hall–Kier alpha value is -1.35. The molecule has 1 saturated heterocycles. The molecule has 0 aromatic heterocycles. The second kappa shape index (κ2) is 6.40. The topological polar surface area (TPSA) is 40.5 Å². The summed E-state index contributed by atoms with van der Waals surface area (Å²) in [7, 11) is 0. The highest BCUT2D eigenvalue weighted by atomic mass is 16.3. The van der Waals surface area contributed by atoms with Crippen LogP contribution in [0.3, 0.4) is 0 Å². The van der Waals surface area contributed by atoms with Crippen LogP contribution in [0.4, 0.5) is 0 Å². The zero-order valence-electron chi connectivity index (χ0n) is 12.8. The van der Waals surface area contributed by atoms with Crippen LogP contribution >= 0.6 is 0 Å². The molecule has 1 aromatic rings. The molecule has 0 aliphatic carbocycles. The van der Waals surface area contributed by atoms with Crippen LogP contribution in [0.15, 0.2) is 12.1 Å². The molecule has 1 amide bonds. The molecule has 3 nitrogen and oxygen atoms in total. The number of amides is 1. The number of likely N-dealkylation sites (tertiary alicyclic amines) is 1. The molecule has 1 aromatic carbocycles. The first-order chi connectivity index (χ1) is 9.49. The Kier molecular flexibility index (Phi) is 4.81. The third-order valence-corrected chi connectivity index (χ3v) is 4.16. The Labute approximate surface area is 121 Å². The highest BCUT2D eigenvalue weighted by Gasteiger charge is 2.20. The number of aliphatic hydroxyl groups is 1. The molecule has 2 rings (SSSR count). The lowest BCUT2D eigenvalue weighted by molar-refractivity contribution is -0.130. The Bertz CT molecular complexity index is 467. The third-order valence-electron chi connectivity index (χ3n) is 4.16. The van der Waals surface area contributed by atoms with Gasteiger partial charge in [0.2, 0.25) is 5.91 Å². The normalized spacial score (nSPS) is 16.5. The molecule has 0 spiro atoms. The quantitative estimate of drug-likeness (QED) is 0.917. The second-order valence-corrected chi connectivity index (χ2v) is 5.95. The highest BCUT2D eigenvalue weighted by molar-refractivity contribution is 5.76. The molecule has 0 radical (unpaired) electrons. The van der Waals surface area contributed by atoms with E-state index in [0.29, 0.717) is 12.8 Å². The minimum atomic E-state index is -0.540. The Morgan fingerprint density at radius 1 is 1.20 bits per heavy atom. The number of hydrogen-bond donors (Lipinski definition) is 1. The predicted octanol–water partition coefficient (Wildman–Crippen LogP) is 3.05. The summed E-state index contributed by atoms with van der Waals surface area (Å²) < 4.78 is 0. The molecular formula is C17H25NO2. The van der Waals surface area contributed by atoms with Gasteiger partial charge in [0, 0.05) is 19.5 Å². The molecule has 1 unspecified atom stereocenters. The summed E-state index contributed by atoms with van der Waals surface area (Å²) in [6.45, 7) is 7.89. The molecule has 1 aliphatic heterocycles. The smallest absolute Gasteiger partial charge is 0.222 e. The zero-order valence-corrected chi connectivity index (χ0v) is 12.8. The summed E-state index contributed by atoms with van der Waals surface area (Å²) in [5, 5.41) is 10.4. The average Bonchev–Trinajstić information content (AvgIpc) is 2.88. The number of benzene rings is 1. The first-order valence-corrected chi connectivity index (χ1v) is 7.52. The molecule has 3 heteroatoms. The van der Waals surface area contributed by atoms with Gasteiger partial charge in [-0.1, -0.05) is 17.7 Å². The molecule has 0 saturated carbocycles. The Morgan fingerprint density at radius 2 is 1.75 bits per heavy atom.